The van der Waals surface area contributed by atoms with Gasteiger partial charge in [-0.05, 0) is 37.5 Å². The Morgan fingerprint density at radius 1 is 1.35 bits per heavy atom. The molecule has 1 nitrogen and oxygen atoms in total. The van der Waals surface area contributed by atoms with E-state index in [0.717, 1.165) is 29.5 Å². The second-order valence-corrected chi connectivity index (χ2v) is 6.73. The van der Waals surface area contributed by atoms with Crippen LogP contribution in [0.4, 0.5) is 0 Å². The van der Waals surface area contributed by atoms with E-state index >= 15 is 0 Å². The summed E-state index contributed by atoms with van der Waals surface area (Å²) in [7, 11) is 0. The monoisotopic (exact) mass is 360 g/mol. The zero-order valence-corrected chi connectivity index (χ0v) is 13.4. The Kier molecular flexibility index (Phi) is 4.19. The highest BCUT2D eigenvalue weighted by molar-refractivity contribution is 9.10. The van der Waals surface area contributed by atoms with Crippen LogP contribution in [0.25, 0.3) is 0 Å². The predicted octanol–water partition coefficient (Wildman–Crippen LogP) is 5.17. The number of benzene rings is 1. The van der Waals surface area contributed by atoms with E-state index in [1.807, 2.05) is 24.3 Å². The minimum absolute atomic E-state index is 0.308. The number of ether oxygens (including phenoxy) is 1. The molecule has 2 rings (SSSR count). The normalized spacial score (nSPS) is 26.4. The highest BCUT2D eigenvalue weighted by Crippen LogP contribution is 2.52. The molecule has 0 saturated heterocycles. The number of rotatable bonds is 4. The van der Waals surface area contributed by atoms with Crippen LogP contribution in [-0.2, 0) is 0 Å². The van der Waals surface area contributed by atoms with Gasteiger partial charge < -0.3 is 4.74 Å². The van der Waals surface area contributed by atoms with E-state index < -0.39 is 0 Å². The van der Waals surface area contributed by atoms with Gasteiger partial charge in [0.1, 0.15) is 11.9 Å². The largest absolute Gasteiger partial charge is 0.490 e. The lowest BCUT2D eigenvalue weighted by molar-refractivity contribution is -0.0411. The highest BCUT2D eigenvalue weighted by atomic mass is 79.9. The Balaban J connectivity index is 2.10. The van der Waals surface area contributed by atoms with Crippen molar-refractivity contribution in [1.29, 1.82) is 0 Å². The Morgan fingerprint density at radius 3 is 2.59 bits per heavy atom. The van der Waals surface area contributed by atoms with Crippen LogP contribution in [0.5, 0.6) is 5.75 Å². The van der Waals surface area contributed by atoms with E-state index in [-0.39, 0.29) is 0 Å². The summed E-state index contributed by atoms with van der Waals surface area (Å²) in [5.74, 6) is 0.968. The Bertz CT molecular complexity index is 388. The van der Waals surface area contributed by atoms with E-state index in [4.69, 9.17) is 4.74 Å². The molecule has 1 aliphatic rings. The van der Waals surface area contributed by atoms with Gasteiger partial charge in [-0.2, -0.15) is 0 Å². The van der Waals surface area contributed by atoms with Crippen LogP contribution in [0, 0.1) is 5.41 Å². The summed E-state index contributed by atoms with van der Waals surface area (Å²) in [5, 5.41) is 0. The minimum atomic E-state index is 0.308. The first-order valence-corrected chi connectivity index (χ1v) is 7.89. The third kappa shape index (κ3) is 2.41. The Morgan fingerprint density at radius 2 is 2.06 bits per heavy atom. The molecule has 1 aliphatic carbocycles. The molecule has 0 amide bonds. The van der Waals surface area contributed by atoms with E-state index in [1.165, 1.54) is 0 Å². The van der Waals surface area contributed by atoms with Crippen molar-refractivity contribution >= 4 is 31.9 Å². The third-order valence-electron chi connectivity index (χ3n) is 4.08. The van der Waals surface area contributed by atoms with Gasteiger partial charge in [-0.25, -0.2) is 0 Å². The summed E-state index contributed by atoms with van der Waals surface area (Å²) < 4.78 is 7.21. The molecular formula is C14H18Br2O. The van der Waals surface area contributed by atoms with Gasteiger partial charge >= 0.3 is 0 Å². The van der Waals surface area contributed by atoms with Gasteiger partial charge in [-0.1, -0.05) is 51.8 Å². The second-order valence-electron chi connectivity index (χ2n) is 4.71. The number of halogens is 2. The second kappa shape index (κ2) is 5.31. The van der Waals surface area contributed by atoms with Crippen LogP contribution < -0.4 is 4.74 Å². The molecule has 1 aromatic carbocycles. The first-order valence-electron chi connectivity index (χ1n) is 6.18. The molecule has 2 atom stereocenters. The smallest absolute Gasteiger partial charge is 0.120 e. The molecule has 94 valence electrons. The fourth-order valence-electron chi connectivity index (χ4n) is 2.72. The minimum Gasteiger partial charge on any atom is -0.490 e. The van der Waals surface area contributed by atoms with Gasteiger partial charge in [0, 0.05) is 14.7 Å². The van der Waals surface area contributed by atoms with E-state index in [0.29, 0.717) is 16.3 Å². The summed E-state index contributed by atoms with van der Waals surface area (Å²) in [6, 6.07) is 8.11. The quantitative estimate of drug-likeness (QED) is 0.672. The zero-order valence-electron chi connectivity index (χ0n) is 10.2. The molecular weight excluding hydrogens is 344 g/mol. The highest BCUT2D eigenvalue weighted by Gasteiger charge is 2.53. The lowest BCUT2D eigenvalue weighted by Gasteiger charge is -2.52. The molecule has 0 N–H and O–H groups in total. The molecule has 0 heterocycles. The predicted molar refractivity (Wildman–Crippen MR) is 78.9 cm³/mol. The van der Waals surface area contributed by atoms with Crippen molar-refractivity contribution in [3.63, 3.8) is 0 Å². The number of alkyl halides is 1. The molecule has 1 aromatic rings. The average molecular weight is 362 g/mol. The van der Waals surface area contributed by atoms with E-state index in [1.54, 1.807) is 0 Å². The molecule has 1 fully saturated rings. The molecule has 0 aliphatic heterocycles. The van der Waals surface area contributed by atoms with Gasteiger partial charge in [-0.15, -0.1) is 0 Å². The van der Waals surface area contributed by atoms with E-state index in [2.05, 4.69) is 45.7 Å². The standard InChI is InChI=1S/C14H18Br2O/c1-3-14(4-2)12(16)9-13(14)17-11-7-5-6-10(15)8-11/h5-8,12-13H,3-4,9H2,1-2H3. The van der Waals surface area contributed by atoms with Gasteiger partial charge in [0.2, 0.25) is 0 Å². The molecule has 0 radical (unpaired) electrons. The zero-order chi connectivity index (χ0) is 12.5. The summed E-state index contributed by atoms with van der Waals surface area (Å²) in [4.78, 5) is 0.599. The van der Waals surface area contributed by atoms with Gasteiger partial charge in [-0.3, -0.25) is 0 Å². The van der Waals surface area contributed by atoms with Gasteiger partial charge in [0.15, 0.2) is 0 Å². The molecule has 2 unspecified atom stereocenters. The number of hydrogen-bond donors (Lipinski definition) is 0. The average Bonchev–Trinajstić information content (AvgIpc) is 2.30. The van der Waals surface area contributed by atoms with Crippen LogP contribution >= 0.6 is 31.9 Å². The van der Waals surface area contributed by atoms with Gasteiger partial charge in [0.05, 0.1) is 0 Å². The SMILES string of the molecule is CCC1(CC)C(Br)CC1Oc1cccc(Br)c1. The van der Waals surface area contributed by atoms with Crippen molar-refractivity contribution < 1.29 is 4.74 Å². The maximum atomic E-state index is 6.14. The fraction of sp³-hybridized carbons (Fsp3) is 0.571. The maximum Gasteiger partial charge on any atom is 0.120 e. The topological polar surface area (TPSA) is 9.23 Å². The summed E-state index contributed by atoms with van der Waals surface area (Å²) in [5.41, 5.74) is 0.308. The van der Waals surface area contributed by atoms with Crippen molar-refractivity contribution in [2.45, 2.75) is 44.0 Å². The summed E-state index contributed by atoms with van der Waals surface area (Å²) in [6.07, 6.45) is 3.78. The van der Waals surface area contributed by atoms with Crippen LogP contribution in [0.3, 0.4) is 0 Å². The van der Waals surface area contributed by atoms with Crippen molar-refractivity contribution in [2.24, 2.45) is 5.41 Å². The Labute approximate surface area is 120 Å². The fourth-order valence-corrected chi connectivity index (χ4v) is 4.38. The first kappa shape index (κ1) is 13.4. The molecule has 1 saturated carbocycles. The molecule has 0 bridgehead atoms. The summed E-state index contributed by atoms with van der Waals surface area (Å²) >= 11 is 7.26. The number of hydrogen-bond acceptors (Lipinski definition) is 1. The van der Waals surface area contributed by atoms with Crippen LogP contribution in [0.15, 0.2) is 28.7 Å². The lowest BCUT2D eigenvalue weighted by Crippen LogP contribution is -2.56. The van der Waals surface area contributed by atoms with E-state index in [9.17, 15) is 0 Å². The summed E-state index contributed by atoms with van der Waals surface area (Å²) in [6.45, 7) is 4.52. The van der Waals surface area contributed by atoms with Crippen LogP contribution in [0.2, 0.25) is 0 Å². The molecule has 0 spiro atoms. The first-order chi connectivity index (χ1) is 8.12. The molecule has 17 heavy (non-hydrogen) atoms. The lowest BCUT2D eigenvalue weighted by atomic mass is 9.62. The molecule has 3 heteroatoms. The maximum absolute atomic E-state index is 6.14. The van der Waals surface area contributed by atoms with Crippen molar-refractivity contribution in [1.82, 2.24) is 0 Å². The van der Waals surface area contributed by atoms with Crippen molar-refractivity contribution in [2.75, 3.05) is 0 Å². The third-order valence-corrected chi connectivity index (χ3v) is 5.86. The van der Waals surface area contributed by atoms with Gasteiger partial charge in [0.25, 0.3) is 0 Å². The van der Waals surface area contributed by atoms with Crippen molar-refractivity contribution in [3.8, 4) is 5.75 Å². The van der Waals surface area contributed by atoms with Crippen molar-refractivity contribution in [3.05, 3.63) is 28.7 Å². The van der Waals surface area contributed by atoms with Crippen LogP contribution in [0.1, 0.15) is 33.1 Å². The molecule has 0 aromatic heterocycles. The van der Waals surface area contributed by atoms with Crippen LogP contribution in [-0.4, -0.2) is 10.9 Å². The Hall–Kier alpha value is -0.0200.